The monoisotopic (exact) mass is 171 g/mol. The van der Waals surface area contributed by atoms with Gasteiger partial charge < -0.3 is 0 Å². The summed E-state index contributed by atoms with van der Waals surface area (Å²) in [6.07, 6.45) is 2.30. The minimum atomic E-state index is -0.900. The van der Waals surface area contributed by atoms with Crippen LogP contribution < -0.4 is 0 Å². The van der Waals surface area contributed by atoms with Crippen LogP contribution in [0.2, 0.25) is 0 Å². The number of pyridine rings is 1. The maximum atomic E-state index is 12.8. The Morgan fingerprint density at radius 1 is 1.67 bits per heavy atom. The van der Waals surface area contributed by atoms with Crippen molar-refractivity contribution in [1.29, 1.82) is 0 Å². The molecule has 0 fully saturated rings. The highest BCUT2D eigenvalue weighted by Crippen LogP contribution is 2.05. The number of nitrogens with zero attached hydrogens (tertiary/aromatic N) is 1. The first-order valence-electron chi connectivity index (χ1n) is 3.10. The molecule has 1 rings (SSSR count). The second kappa shape index (κ2) is 3.77. The summed E-state index contributed by atoms with van der Waals surface area (Å²) in [5, 5.41) is 0. The van der Waals surface area contributed by atoms with Gasteiger partial charge in [-0.3, -0.25) is 9.87 Å². The van der Waals surface area contributed by atoms with Crippen LogP contribution in [-0.2, 0) is 9.78 Å². The van der Waals surface area contributed by atoms with Gasteiger partial charge in [0.15, 0.2) is 0 Å². The maximum Gasteiger partial charge on any atom is 0.377 e. The first-order chi connectivity index (χ1) is 5.75. The van der Waals surface area contributed by atoms with Crippen LogP contribution in [0.3, 0.4) is 0 Å². The third-order valence-corrected chi connectivity index (χ3v) is 1.15. The minimum Gasteiger partial charge on any atom is -0.293 e. The molecule has 0 saturated heterocycles. The molecular weight excluding hydrogens is 165 g/mol. The smallest absolute Gasteiger partial charge is 0.293 e. The largest absolute Gasteiger partial charge is 0.377 e. The molecule has 1 aromatic rings. The van der Waals surface area contributed by atoms with Gasteiger partial charge in [-0.25, -0.2) is 9.18 Å². The van der Waals surface area contributed by atoms with Crippen molar-refractivity contribution in [2.24, 2.45) is 0 Å². The van der Waals surface area contributed by atoms with Crippen LogP contribution in [-0.4, -0.2) is 18.1 Å². The molecule has 64 valence electrons. The van der Waals surface area contributed by atoms with Crippen molar-refractivity contribution < 1.29 is 19.0 Å². The third-order valence-electron chi connectivity index (χ3n) is 1.15. The Morgan fingerprint density at radius 2 is 2.42 bits per heavy atom. The van der Waals surface area contributed by atoms with Crippen LogP contribution in [0.4, 0.5) is 4.39 Å². The second-order valence-corrected chi connectivity index (χ2v) is 1.89. The summed E-state index contributed by atoms with van der Waals surface area (Å²) in [6.45, 7) is 0. The molecule has 0 spiro atoms. The molecule has 0 aliphatic heterocycles. The van der Waals surface area contributed by atoms with Gasteiger partial charge in [-0.2, -0.15) is 4.89 Å². The first-order valence-corrected chi connectivity index (χ1v) is 3.10. The van der Waals surface area contributed by atoms with Gasteiger partial charge >= 0.3 is 5.97 Å². The van der Waals surface area contributed by atoms with Crippen LogP contribution in [0.5, 0.6) is 0 Å². The van der Waals surface area contributed by atoms with E-state index in [1.807, 2.05) is 0 Å². The van der Waals surface area contributed by atoms with E-state index in [-0.39, 0.29) is 5.56 Å². The average molecular weight is 171 g/mol. The number of hydrogen-bond donors (Lipinski definition) is 0. The normalized spacial score (nSPS) is 9.50. The lowest BCUT2D eigenvalue weighted by molar-refractivity contribution is -0.216. The zero-order chi connectivity index (χ0) is 8.97. The van der Waals surface area contributed by atoms with Gasteiger partial charge in [0, 0.05) is 12.4 Å². The Hall–Kier alpha value is -1.49. The number of carbonyl (C=O) groups excluding carboxylic acids is 1. The molecule has 0 radical (unpaired) electrons. The zero-order valence-corrected chi connectivity index (χ0v) is 6.28. The fourth-order valence-corrected chi connectivity index (χ4v) is 0.648. The van der Waals surface area contributed by atoms with E-state index in [1.165, 1.54) is 6.20 Å². The first kappa shape index (κ1) is 8.61. The van der Waals surface area contributed by atoms with E-state index in [4.69, 9.17) is 0 Å². The minimum absolute atomic E-state index is 0.251. The lowest BCUT2D eigenvalue weighted by atomic mass is 10.3. The SMILES string of the molecule is COOC(=O)c1cnccc1F. The molecule has 0 N–H and O–H groups in total. The number of carbonyl (C=O) groups is 1. The van der Waals surface area contributed by atoms with E-state index in [0.29, 0.717) is 0 Å². The van der Waals surface area contributed by atoms with Gasteiger partial charge in [0.25, 0.3) is 0 Å². The molecule has 0 aromatic carbocycles. The van der Waals surface area contributed by atoms with Crippen molar-refractivity contribution >= 4 is 5.97 Å². The highest BCUT2D eigenvalue weighted by molar-refractivity contribution is 5.88. The van der Waals surface area contributed by atoms with Gasteiger partial charge in [-0.1, -0.05) is 0 Å². The summed E-state index contributed by atoms with van der Waals surface area (Å²) >= 11 is 0. The number of aromatic nitrogens is 1. The molecule has 0 saturated carbocycles. The molecule has 0 atom stereocenters. The Balaban J connectivity index is 2.87. The molecule has 0 bridgehead atoms. The van der Waals surface area contributed by atoms with Crippen LogP contribution in [0.25, 0.3) is 0 Å². The Morgan fingerprint density at radius 3 is 3.00 bits per heavy atom. The average Bonchev–Trinajstić information content (AvgIpc) is 2.05. The van der Waals surface area contributed by atoms with E-state index in [0.717, 1.165) is 19.4 Å². The van der Waals surface area contributed by atoms with Gasteiger partial charge in [0.1, 0.15) is 11.4 Å². The number of rotatable bonds is 2. The van der Waals surface area contributed by atoms with Crippen LogP contribution >= 0.6 is 0 Å². The molecule has 1 aromatic heterocycles. The molecule has 5 heteroatoms. The van der Waals surface area contributed by atoms with E-state index in [9.17, 15) is 9.18 Å². The Labute approximate surface area is 67.9 Å². The molecule has 0 aliphatic carbocycles. The molecule has 0 amide bonds. The van der Waals surface area contributed by atoms with Crippen molar-refractivity contribution in [3.8, 4) is 0 Å². The van der Waals surface area contributed by atoms with Crippen LogP contribution in [0, 0.1) is 5.82 Å². The van der Waals surface area contributed by atoms with E-state index in [2.05, 4.69) is 14.8 Å². The standard InChI is InChI=1S/C7H6FNO3/c1-11-12-7(10)5-4-9-3-2-6(5)8/h2-4H,1H3. The molecule has 4 nitrogen and oxygen atoms in total. The van der Waals surface area contributed by atoms with E-state index >= 15 is 0 Å². The predicted molar refractivity (Wildman–Crippen MR) is 36.6 cm³/mol. The molecule has 0 unspecified atom stereocenters. The molecule has 12 heavy (non-hydrogen) atoms. The molecule has 0 aliphatic rings. The van der Waals surface area contributed by atoms with E-state index < -0.39 is 11.8 Å². The van der Waals surface area contributed by atoms with Crippen molar-refractivity contribution in [2.75, 3.05) is 7.11 Å². The van der Waals surface area contributed by atoms with Crippen LogP contribution in [0.15, 0.2) is 18.5 Å². The van der Waals surface area contributed by atoms with Gasteiger partial charge in [0.05, 0.1) is 7.11 Å². The molecular formula is C7H6FNO3. The fraction of sp³-hybridized carbons (Fsp3) is 0.143. The summed E-state index contributed by atoms with van der Waals surface area (Å²) in [5.74, 6) is -1.59. The highest BCUT2D eigenvalue weighted by atomic mass is 19.1. The maximum absolute atomic E-state index is 12.8. The predicted octanol–water partition coefficient (Wildman–Crippen LogP) is 0.939. The van der Waals surface area contributed by atoms with Crippen molar-refractivity contribution in [2.45, 2.75) is 0 Å². The quantitative estimate of drug-likeness (QED) is 0.490. The Kier molecular flexibility index (Phi) is 2.71. The summed E-state index contributed by atoms with van der Waals surface area (Å²) in [6, 6.07) is 1.06. The fourth-order valence-electron chi connectivity index (χ4n) is 0.648. The van der Waals surface area contributed by atoms with Gasteiger partial charge in [0.2, 0.25) is 0 Å². The van der Waals surface area contributed by atoms with Gasteiger partial charge in [-0.15, -0.1) is 0 Å². The number of hydrogen-bond acceptors (Lipinski definition) is 4. The zero-order valence-electron chi connectivity index (χ0n) is 6.28. The second-order valence-electron chi connectivity index (χ2n) is 1.89. The van der Waals surface area contributed by atoms with E-state index in [1.54, 1.807) is 0 Å². The summed E-state index contributed by atoms with van der Waals surface area (Å²) in [4.78, 5) is 22.5. The summed E-state index contributed by atoms with van der Waals surface area (Å²) in [7, 11) is 1.16. The van der Waals surface area contributed by atoms with Crippen molar-refractivity contribution in [3.63, 3.8) is 0 Å². The lowest BCUT2D eigenvalue weighted by Gasteiger charge is -1.98. The third kappa shape index (κ3) is 1.76. The van der Waals surface area contributed by atoms with Gasteiger partial charge in [-0.05, 0) is 6.07 Å². The Bertz CT molecular complexity index is 290. The summed E-state index contributed by atoms with van der Waals surface area (Å²) in [5.41, 5.74) is -0.251. The lowest BCUT2D eigenvalue weighted by Crippen LogP contribution is -2.06. The van der Waals surface area contributed by atoms with Crippen LogP contribution in [0.1, 0.15) is 10.4 Å². The topological polar surface area (TPSA) is 48.4 Å². The van der Waals surface area contributed by atoms with Crippen molar-refractivity contribution in [3.05, 3.63) is 29.8 Å². The van der Waals surface area contributed by atoms with Crippen molar-refractivity contribution in [1.82, 2.24) is 4.98 Å². The highest BCUT2D eigenvalue weighted by Gasteiger charge is 2.12. The summed E-state index contributed by atoms with van der Waals surface area (Å²) < 4.78 is 12.8. The number of halogens is 1. The molecule has 1 heterocycles.